The zero-order valence-corrected chi connectivity index (χ0v) is 14.4. The van der Waals surface area contributed by atoms with Crippen LogP contribution >= 0.6 is 23.2 Å². The molecule has 2 aromatic heterocycles. The summed E-state index contributed by atoms with van der Waals surface area (Å²) in [4.78, 5) is 7.94. The zero-order chi connectivity index (χ0) is 16.8. The van der Waals surface area contributed by atoms with E-state index in [1.165, 1.54) is 4.52 Å². The highest BCUT2D eigenvalue weighted by Crippen LogP contribution is 2.33. The van der Waals surface area contributed by atoms with E-state index in [9.17, 15) is 8.42 Å². The first-order chi connectivity index (χ1) is 10.8. The van der Waals surface area contributed by atoms with Gasteiger partial charge in [0.05, 0.1) is 15.7 Å². The molecule has 10 heteroatoms. The van der Waals surface area contributed by atoms with Crippen LogP contribution in [0.2, 0.25) is 10.0 Å². The summed E-state index contributed by atoms with van der Waals surface area (Å²) in [7, 11) is -4.03. The molecule has 0 aliphatic heterocycles. The molecular formula is C13H11Cl2N5O2S. The Bertz CT molecular complexity index is 1020. The van der Waals surface area contributed by atoms with E-state index in [1.807, 2.05) is 6.92 Å². The summed E-state index contributed by atoms with van der Waals surface area (Å²) < 4.78 is 28.7. The van der Waals surface area contributed by atoms with Gasteiger partial charge in [0, 0.05) is 12.4 Å². The molecule has 0 radical (unpaired) electrons. The lowest BCUT2D eigenvalue weighted by molar-refractivity contribution is 0.592. The van der Waals surface area contributed by atoms with Crippen LogP contribution < -0.4 is 4.72 Å². The van der Waals surface area contributed by atoms with Crippen LogP contribution in [0.15, 0.2) is 29.7 Å². The topological polar surface area (TPSA) is 89.2 Å². The smallest absolute Gasteiger partial charge is 0.275 e. The summed E-state index contributed by atoms with van der Waals surface area (Å²) in [6.07, 6.45) is 3.21. The van der Waals surface area contributed by atoms with Gasteiger partial charge in [-0.25, -0.2) is 9.50 Å². The van der Waals surface area contributed by atoms with Crippen molar-refractivity contribution in [3.63, 3.8) is 0 Å². The van der Waals surface area contributed by atoms with Crippen LogP contribution in [-0.4, -0.2) is 28.0 Å². The Morgan fingerprint density at radius 2 is 1.96 bits per heavy atom. The fraction of sp³-hybridized carbons (Fsp3) is 0.154. The average molecular weight is 372 g/mol. The first-order valence-electron chi connectivity index (χ1n) is 6.44. The Balaban J connectivity index is 2.06. The van der Waals surface area contributed by atoms with E-state index in [-0.39, 0.29) is 21.5 Å². The predicted octanol–water partition coefficient (Wildman–Crippen LogP) is 2.85. The number of sulfonamides is 1. The van der Waals surface area contributed by atoms with Gasteiger partial charge in [-0.2, -0.15) is 13.4 Å². The number of benzene rings is 1. The minimum atomic E-state index is -4.03. The average Bonchev–Trinajstić information content (AvgIpc) is 2.91. The molecule has 0 saturated heterocycles. The van der Waals surface area contributed by atoms with Crippen LogP contribution in [0.5, 0.6) is 0 Å². The van der Waals surface area contributed by atoms with Gasteiger partial charge in [-0.1, -0.05) is 29.3 Å². The number of halogens is 2. The van der Waals surface area contributed by atoms with Crippen LogP contribution in [0.25, 0.3) is 5.78 Å². The van der Waals surface area contributed by atoms with Crippen molar-refractivity contribution in [2.24, 2.45) is 0 Å². The molecule has 0 amide bonds. The van der Waals surface area contributed by atoms with Crippen molar-refractivity contribution in [2.75, 3.05) is 4.72 Å². The molecule has 0 spiro atoms. The number of nitrogens with zero attached hydrogens (tertiary/aromatic N) is 4. The second kappa shape index (κ2) is 5.63. The summed E-state index contributed by atoms with van der Waals surface area (Å²) in [6, 6.07) is 3.25. The third-order valence-electron chi connectivity index (χ3n) is 3.08. The first kappa shape index (κ1) is 16.0. The first-order valence-corrected chi connectivity index (χ1v) is 8.68. The summed E-state index contributed by atoms with van der Waals surface area (Å²) in [5.41, 5.74) is 1.65. The lowest BCUT2D eigenvalue weighted by Crippen LogP contribution is -2.16. The summed E-state index contributed by atoms with van der Waals surface area (Å²) in [5, 5.41) is 3.91. The predicted molar refractivity (Wildman–Crippen MR) is 87.5 cm³/mol. The van der Waals surface area contributed by atoms with Gasteiger partial charge in [-0.15, -0.1) is 5.10 Å². The van der Waals surface area contributed by atoms with Crippen LogP contribution in [0.3, 0.4) is 0 Å². The van der Waals surface area contributed by atoms with Crippen molar-refractivity contribution in [3.8, 4) is 0 Å². The molecule has 0 unspecified atom stereocenters. The highest BCUT2D eigenvalue weighted by Gasteiger charge is 2.23. The van der Waals surface area contributed by atoms with E-state index >= 15 is 0 Å². The van der Waals surface area contributed by atoms with Gasteiger partial charge >= 0.3 is 0 Å². The second-order valence-electron chi connectivity index (χ2n) is 4.93. The maximum Gasteiger partial charge on any atom is 0.299 e. The zero-order valence-electron chi connectivity index (χ0n) is 12.1. The van der Waals surface area contributed by atoms with E-state index in [1.54, 1.807) is 31.5 Å². The maximum absolute atomic E-state index is 12.5. The molecule has 23 heavy (non-hydrogen) atoms. The number of aryl methyl sites for hydroxylation is 2. The van der Waals surface area contributed by atoms with Gasteiger partial charge in [-0.05, 0) is 31.0 Å². The van der Waals surface area contributed by atoms with Gasteiger partial charge < -0.3 is 0 Å². The number of anilines is 1. The molecule has 0 aliphatic rings. The number of hydrogen-bond acceptors (Lipinski definition) is 5. The molecule has 2 heterocycles. The highest BCUT2D eigenvalue weighted by molar-refractivity contribution is 7.92. The molecule has 120 valence electrons. The van der Waals surface area contributed by atoms with Crippen molar-refractivity contribution < 1.29 is 8.42 Å². The van der Waals surface area contributed by atoms with E-state index in [0.717, 1.165) is 5.56 Å². The van der Waals surface area contributed by atoms with Crippen molar-refractivity contribution in [1.82, 2.24) is 19.6 Å². The molecule has 0 saturated carbocycles. The van der Waals surface area contributed by atoms with Crippen LogP contribution in [0.4, 0.5) is 5.69 Å². The van der Waals surface area contributed by atoms with Crippen LogP contribution in [0.1, 0.15) is 11.1 Å². The number of aromatic nitrogens is 4. The van der Waals surface area contributed by atoms with Gasteiger partial charge in [0.2, 0.25) is 0 Å². The number of hydrogen-bond donors (Lipinski definition) is 1. The third-order valence-corrected chi connectivity index (χ3v) is 5.01. The maximum atomic E-state index is 12.5. The van der Waals surface area contributed by atoms with E-state index in [4.69, 9.17) is 23.2 Å². The molecule has 0 fully saturated rings. The van der Waals surface area contributed by atoms with E-state index in [2.05, 4.69) is 19.8 Å². The monoisotopic (exact) mass is 371 g/mol. The second-order valence-corrected chi connectivity index (χ2v) is 7.29. The van der Waals surface area contributed by atoms with Crippen molar-refractivity contribution in [3.05, 3.63) is 45.7 Å². The number of rotatable bonds is 3. The lowest BCUT2D eigenvalue weighted by Gasteiger charge is -2.11. The molecule has 0 atom stereocenters. The third kappa shape index (κ3) is 2.97. The molecule has 1 aromatic carbocycles. The van der Waals surface area contributed by atoms with Gasteiger partial charge in [0.25, 0.3) is 21.0 Å². The van der Waals surface area contributed by atoms with Crippen LogP contribution in [-0.2, 0) is 10.0 Å². The molecule has 0 aliphatic carbocycles. The fourth-order valence-electron chi connectivity index (χ4n) is 1.92. The largest absolute Gasteiger partial charge is 0.299 e. The SMILES string of the molecule is Cc1cnc2nc(S(=O)(=O)Nc3c(C)ccc(Cl)c3Cl)nn2c1. The van der Waals surface area contributed by atoms with Crippen molar-refractivity contribution in [1.29, 1.82) is 0 Å². The summed E-state index contributed by atoms with van der Waals surface area (Å²) in [5.74, 6) is 0.185. The molecule has 7 nitrogen and oxygen atoms in total. The molecule has 0 bridgehead atoms. The number of nitrogens with one attached hydrogen (secondary N) is 1. The Hall–Kier alpha value is -1.90. The standard InChI is InChI=1S/C13H11Cl2N5O2S/c1-7-5-16-12-17-13(18-20(12)6-7)23(21,22)19-11-8(2)3-4-9(14)10(11)15/h3-6,19H,1-2H3. The van der Waals surface area contributed by atoms with Crippen molar-refractivity contribution >= 4 is 44.7 Å². The molecule has 3 rings (SSSR count). The Kier molecular flexibility index (Phi) is 3.91. The fourth-order valence-corrected chi connectivity index (χ4v) is 3.42. The van der Waals surface area contributed by atoms with Gasteiger partial charge in [0.15, 0.2) is 0 Å². The lowest BCUT2D eigenvalue weighted by atomic mass is 10.2. The van der Waals surface area contributed by atoms with Crippen LogP contribution in [0, 0.1) is 13.8 Å². The van der Waals surface area contributed by atoms with Gasteiger partial charge in [0.1, 0.15) is 0 Å². The van der Waals surface area contributed by atoms with E-state index in [0.29, 0.717) is 5.56 Å². The van der Waals surface area contributed by atoms with Gasteiger partial charge in [-0.3, -0.25) is 4.72 Å². The molecular weight excluding hydrogens is 361 g/mol. The summed E-state index contributed by atoms with van der Waals surface area (Å²) >= 11 is 12.0. The summed E-state index contributed by atoms with van der Waals surface area (Å²) in [6.45, 7) is 3.53. The molecule has 1 N–H and O–H groups in total. The molecule has 3 aromatic rings. The Morgan fingerprint density at radius 3 is 2.70 bits per heavy atom. The van der Waals surface area contributed by atoms with Crippen molar-refractivity contribution in [2.45, 2.75) is 19.0 Å². The number of fused-ring (bicyclic) bond motifs is 1. The minimum Gasteiger partial charge on any atom is -0.275 e. The Morgan fingerprint density at radius 1 is 1.22 bits per heavy atom. The minimum absolute atomic E-state index is 0.118. The van der Waals surface area contributed by atoms with E-state index < -0.39 is 15.2 Å². The highest BCUT2D eigenvalue weighted by atomic mass is 35.5. The Labute approximate surface area is 142 Å². The quantitative estimate of drug-likeness (QED) is 0.764. The normalized spacial score (nSPS) is 11.8.